The van der Waals surface area contributed by atoms with Gasteiger partial charge in [0.25, 0.3) is 0 Å². The van der Waals surface area contributed by atoms with Gasteiger partial charge in [-0.25, -0.2) is 0 Å². The zero-order valence-corrected chi connectivity index (χ0v) is 20.7. The molecule has 0 aliphatic rings. The smallest absolute Gasteiger partial charge is 0.312 e. The Morgan fingerprint density at radius 2 is 1.30 bits per heavy atom. The van der Waals surface area contributed by atoms with E-state index in [0.29, 0.717) is 45.2 Å². The van der Waals surface area contributed by atoms with Gasteiger partial charge in [-0.2, -0.15) is 5.26 Å². The fourth-order valence-corrected chi connectivity index (χ4v) is 4.37. The van der Waals surface area contributed by atoms with Crippen molar-refractivity contribution in [1.29, 1.82) is 5.26 Å². The van der Waals surface area contributed by atoms with Gasteiger partial charge < -0.3 is 14.2 Å². The van der Waals surface area contributed by atoms with Crippen LogP contribution in [0, 0.1) is 25.2 Å². The minimum Gasteiger partial charge on any atom is -0.481 e. The fraction of sp³-hybridized carbons (Fsp3) is 0.167. The number of carboxylic acid groups (broad SMARTS) is 1. The molecule has 1 N–H and O–H groups in total. The Hall–Kier alpha value is -3.22. The summed E-state index contributed by atoms with van der Waals surface area (Å²) >= 11 is 6.79. The summed E-state index contributed by atoms with van der Waals surface area (Å²) in [5.41, 5.74) is 2.97. The van der Waals surface area contributed by atoms with Gasteiger partial charge in [-0.15, -0.1) is 0 Å². The number of nitriles is 1. The first-order valence-corrected chi connectivity index (χ1v) is 11.5. The lowest BCUT2D eigenvalue weighted by molar-refractivity contribution is -0.139. The van der Waals surface area contributed by atoms with Crippen LogP contribution < -0.4 is 0 Å². The maximum absolute atomic E-state index is 12.6. The van der Waals surface area contributed by atoms with E-state index in [-0.39, 0.29) is 0 Å². The van der Waals surface area contributed by atoms with Crippen molar-refractivity contribution < 1.29 is 18.9 Å². The molecule has 0 amide bonds. The van der Waals surface area contributed by atoms with Crippen LogP contribution in [0.5, 0.6) is 0 Å². The summed E-state index contributed by atoms with van der Waals surface area (Å²) in [4.78, 5) is 12.6. The van der Waals surface area contributed by atoms with E-state index in [2.05, 4.69) is 48.2 Å². The number of hydrogen-bond acceptors (Lipinski definition) is 6. The van der Waals surface area contributed by atoms with Gasteiger partial charge in [0.15, 0.2) is 11.5 Å². The van der Waals surface area contributed by atoms with E-state index >= 15 is 0 Å². The molecule has 0 aliphatic heterocycles. The van der Waals surface area contributed by atoms with E-state index in [4.69, 9.17) is 9.05 Å². The molecule has 2 heterocycles. The number of benzene rings is 2. The highest BCUT2D eigenvalue weighted by molar-refractivity contribution is 9.10. The Balaban J connectivity index is 1.89. The van der Waals surface area contributed by atoms with E-state index in [0.717, 1.165) is 8.95 Å². The average molecular weight is 571 g/mol. The molecule has 0 saturated heterocycles. The molecule has 33 heavy (non-hydrogen) atoms. The molecule has 0 fully saturated rings. The van der Waals surface area contributed by atoms with Crippen LogP contribution in [0.3, 0.4) is 0 Å². The molecule has 0 spiro atoms. The third kappa shape index (κ3) is 4.36. The molecule has 166 valence electrons. The Morgan fingerprint density at radius 1 is 0.879 bits per heavy atom. The Kier molecular flexibility index (Phi) is 6.49. The summed E-state index contributed by atoms with van der Waals surface area (Å²) in [5.74, 6) is -2.86. The third-order valence-corrected chi connectivity index (χ3v) is 6.45. The van der Waals surface area contributed by atoms with Crippen molar-refractivity contribution in [3.63, 3.8) is 0 Å². The van der Waals surface area contributed by atoms with Gasteiger partial charge in [-0.1, -0.05) is 66.4 Å². The summed E-state index contributed by atoms with van der Waals surface area (Å²) in [5, 5.41) is 28.6. The summed E-state index contributed by atoms with van der Waals surface area (Å²) in [6, 6.07) is 16.7. The quantitative estimate of drug-likeness (QED) is 0.277. The molecule has 2 atom stereocenters. The summed E-state index contributed by atoms with van der Waals surface area (Å²) in [6.07, 6.45) is 0. The monoisotopic (exact) mass is 569 g/mol. The van der Waals surface area contributed by atoms with Crippen molar-refractivity contribution in [3.05, 3.63) is 80.0 Å². The second kappa shape index (κ2) is 9.33. The highest BCUT2D eigenvalue weighted by Crippen LogP contribution is 2.44. The minimum absolute atomic E-state index is 0.312. The summed E-state index contributed by atoms with van der Waals surface area (Å²) in [6.45, 7) is 3.36. The van der Waals surface area contributed by atoms with Gasteiger partial charge in [0.2, 0.25) is 0 Å². The highest BCUT2D eigenvalue weighted by atomic mass is 79.9. The summed E-state index contributed by atoms with van der Waals surface area (Å²) < 4.78 is 12.8. The topological polar surface area (TPSA) is 113 Å². The van der Waals surface area contributed by atoms with Crippen LogP contribution >= 0.6 is 31.9 Å². The highest BCUT2D eigenvalue weighted by Gasteiger charge is 2.40. The van der Waals surface area contributed by atoms with Gasteiger partial charge in [-0.05, 0) is 38.1 Å². The number of carbonyl (C=O) groups is 1. The average Bonchev–Trinajstić information content (AvgIpc) is 3.35. The number of aryl methyl sites for hydroxylation is 2. The van der Waals surface area contributed by atoms with Crippen molar-refractivity contribution in [2.24, 2.45) is 0 Å². The number of aliphatic carboxylic acids is 1. The molecule has 2 unspecified atom stereocenters. The first-order valence-electron chi connectivity index (χ1n) is 9.88. The molecular formula is C24H17Br2N3O4. The van der Waals surface area contributed by atoms with Crippen molar-refractivity contribution in [3.8, 4) is 28.7 Å². The van der Waals surface area contributed by atoms with E-state index in [1.165, 1.54) is 0 Å². The van der Waals surface area contributed by atoms with Gasteiger partial charge >= 0.3 is 5.97 Å². The first-order chi connectivity index (χ1) is 15.8. The largest absolute Gasteiger partial charge is 0.481 e. The van der Waals surface area contributed by atoms with Crippen LogP contribution in [0.4, 0.5) is 0 Å². The molecule has 0 saturated carbocycles. The fourth-order valence-electron chi connectivity index (χ4n) is 3.84. The zero-order chi connectivity index (χ0) is 23.7. The van der Waals surface area contributed by atoms with Crippen LogP contribution in [-0.4, -0.2) is 21.4 Å². The van der Waals surface area contributed by atoms with Gasteiger partial charge in [0.1, 0.15) is 5.92 Å². The Bertz CT molecular complexity index is 1350. The number of carboxylic acids is 1. The predicted molar refractivity (Wildman–Crippen MR) is 127 cm³/mol. The van der Waals surface area contributed by atoms with E-state index in [9.17, 15) is 15.2 Å². The van der Waals surface area contributed by atoms with E-state index in [1.54, 1.807) is 26.0 Å². The molecule has 0 aliphatic carbocycles. The number of rotatable bonds is 6. The molecule has 9 heteroatoms. The SMILES string of the molecule is Cc1noc(-c2ccc(Br)cc2)c1C(C#N)C(C(=O)O)c1c(C)noc1-c1ccc(Br)cc1. The molecule has 0 bridgehead atoms. The molecule has 2 aromatic carbocycles. The van der Waals surface area contributed by atoms with E-state index < -0.39 is 17.8 Å². The second-order valence-corrected chi connectivity index (χ2v) is 9.29. The molecule has 7 nitrogen and oxygen atoms in total. The number of halogens is 2. The van der Waals surface area contributed by atoms with Crippen molar-refractivity contribution in [2.45, 2.75) is 25.7 Å². The van der Waals surface area contributed by atoms with Gasteiger partial charge in [0, 0.05) is 31.2 Å². The lowest BCUT2D eigenvalue weighted by Gasteiger charge is -2.19. The lowest BCUT2D eigenvalue weighted by Crippen LogP contribution is -2.21. The molecule has 0 radical (unpaired) electrons. The van der Waals surface area contributed by atoms with Crippen LogP contribution in [0.1, 0.15) is 34.4 Å². The second-order valence-electron chi connectivity index (χ2n) is 7.46. The van der Waals surface area contributed by atoms with Crippen molar-refractivity contribution in [1.82, 2.24) is 10.3 Å². The van der Waals surface area contributed by atoms with Crippen LogP contribution in [-0.2, 0) is 4.79 Å². The van der Waals surface area contributed by atoms with Gasteiger partial charge in [-0.3, -0.25) is 4.79 Å². The van der Waals surface area contributed by atoms with Crippen LogP contribution in [0.15, 0.2) is 66.5 Å². The maximum Gasteiger partial charge on any atom is 0.312 e. The predicted octanol–water partition coefficient (Wildman–Crippen LogP) is 6.61. The Labute approximate surface area is 206 Å². The van der Waals surface area contributed by atoms with Crippen LogP contribution in [0.2, 0.25) is 0 Å². The standard InChI is InChI=1S/C24H17Br2N3O4/c1-12-19(22(32-28-12)14-3-7-16(25)8-4-14)18(11-27)21(24(30)31)20-13(2)29-33-23(20)15-5-9-17(26)10-6-15/h3-10,18,21H,1-2H3,(H,30,31). The Morgan fingerprint density at radius 3 is 1.73 bits per heavy atom. The van der Waals surface area contributed by atoms with Crippen molar-refractivity contribution >= 4 is 37.8 Å². The number of nitrogens with zero attached hydrogens (tertiary/aromatic N) is 3. The van der Waals surface area contributed by atoms with Crippen LogP contribution in [0.25, 0.3) is 22.6 Å². The summed E-state index contributed by atoms with van der Waals surface area (Å²) in [7, 11) is 0. The first kappa shape index (κ1) is 23.0. The van der Waals surface area contributed by atoms with E-state index in [1.807, 2.05) is 36.4 Å². The number of hydrogen-bond donors (Lipinski definition) is 1. The normalized spacial score (nSPS) is 12.8. The number of aromatic nitrogens is 2. The molecule has 4 rings (SSSR count). The minimum atomic E-state index is -1.26. The third-order valence-electron chi connectivity index (χ3n) is 5.39. The zero-order valence-electron chi connectivity index (χ0n) is 17.5. The molecule has 2 aromatic heterocycles. The lowest BCUT2D eigenvalue weighted by atomic mass is 9.79. The molecular weight excluding hydrogens is 554 g/mol. The molecule has 4 aromatic rings. The maximum atomic E-state index is 12.6. The van der Waals surface area contributed by atoms with Crippen molar-refractivity contribution in [2.75, 3.05) is 0 Å². The van der Waals surface area contributed by atoms with Gasteiger partial charge in [0.05, 0.1) is 23.4 Å².